The molecule has 1 N–H and O–H groups in total. The highest BCUT2D eigenvalue weighted by molar-refractivity contribution is 14.1. The average Bonchev–Trinajstić information content (AvgIpc) is 2.99. The molecular formula is C18H25IO5. The van der Waals surface area contributed by atoms with Gasteiger partial charge in [-0.15, -0.1) is 0 Å². The number of hydrogen-bond donors (Lipinski definition) is 1. The third-order valence-electron chi connectivity index (χ3n) is 4.38. The molecule has 5 atom stereocenters. The highest BCUT2D eigenvalue weighted by Crippen LogP contribution is 2.40. The maximum Gasteiger partial charge on any atom is 0.190 e. The Kier molecular flexibility index (Phi) is 5.83. The number of rotatable bonds is 6. The first-order chi connectivity index (χ1) is 11.4. The lowest BCUT2D eigenvalue weighted by molar-refractivity contribution is -0.230. The summed E-state index contributed by atoms with van der Waals surface area (Å²) >= 11 is 2.30. The molecule has 134 valence electrons. The Morgan fingerprint density at radius 3 is 2.75 bits per heavy atom. The highest BCUT2D eigenvalue weighted by Gasteiger charge is 2.56. The van der Waals surface area contributed by atoms with E-state index in [0.29, 0.717) is 13.0 Å². The predicted octanol–water partition coefficient (Wildman–Crippen LogP) is 3.21. The Hall–Kier alpha value is -0.250. The number of halogens is 1. The average molecular weight is 448 g/mol. The van der Waals surface area contributed by atoms with Crippen LogP contribution in [0.2, 0.25) is 0 Å². The molecule has 1 aromatic rings. The van der Waals surface area contributed by atoms with Crippen LogP contribution in [0.5, 0.6) is 0 Å². The van der Waals surface area contributed by atoms with Crippen LogP contribution in [0, 0.1) is 3.57 Å². The van der Waals surface area contributed by atoms with Crippen molar-refractivity contribution < 1.29 is 24.1 Å². The van der Waals surface area contributed by atoms with Crippen molar-refractivity contribution in [1.29, 1.82) is 0 Å². The van der Waals surface area contributed by atoms with Gasteiger partial charge in [-0.1, -0.05) is 31.5 Å². The molecule has 6 heteroatoms. The maximum atomic E-state index is 10.4. The molecule has 2 fully saturated rings. The van der Waals surface area contributed by atoms with Gasteiger partial charge >= 0.3 is 0 Å². The largest absolute Gasteiger partial charge is 0.390 e. The number of fused-ring (bicyclic) bond motifs is 1. The highest BCUT2D eigenvalue weighted by atomic mass is 127. The van der Waals surface area contributed by atoms with Crippen LogP contribution in [0.25, 0.3) is 0 Å². The summed E-state index contributed by atoms with van der Waals surface area (Å²) in [6, 6.07) is 8.10. The van der Waals surface area contributed by atoms with Crippen molar-refractivity contribution in [3.05, 3.63) is 33.4 Å². The summed E-state index contributed by atoms with van der Waals surface area (Å²) in [5.74, 6) is -0.696. The summed E-state index contributed by atoms with van der Waals surface area (Å²) in [5.41, 5.74) is 1.11. The van der Waals surface area contributed by atoms with Gasteiger partial charge in [-0.2, -0.15) is 0 Å². The van der Waals surface area contributed by atoms with Gasteiger partial charge in [0.1, 0.15) is 18.3 Å². The quantitative estimate of drug-likeness (QED) is 0.678. The minimum atomic E-state index is -0.696. The van der Waals surface area contributed by atoms with E-state index in [0.717, 1.165) is 15.6 Å². The molecule has 2 heterocycles. The van der Waals surface area contributed by atoms with Gasteiger partial charge in [0.15, 0.2) is 12.1 Å². The van der Waals surface area contributed by atoms with Crippen molar-refractivity contribution in [2.75, 3.05) is 0 Å². The summed E-state index contributed by atoms with van der Waals surface area (Å²) in [5, 5.41) is 10.4. The normalized spacial score (nSPS) is 32.7. The summed E-state index contributed by atoms with van der Waals surface area (Å²) in [7, 11) is 0. The Morgan fingerprint density at radius 2 is 2.04 bits per heavy atom. The lowest BCUT2D eigenvalue weighted by Crippen LogP contribution is -2.42. The summed E-state index contributed by atoms with van der Waals surface area (Å²) in [6.07, 6.45) is -0.639. The van der Waals surface area contributed by atoms with Gasteiger partial charge in [0.05, 0.1) is 12.7 Å². The van der Waals surface area contributed by atoms with E-state index < -0.39 is 24.3 Å². The van der Waals surface area contributed by atoms with Gasteiger partial charge in [-0.25, -0.2) is 0 Å². The van der Waals surface area contributed by atoms with Crippen molar-refractivity contribution in [3.8, 4) is 0 Å². The van der Waals surface area contributed by atoms with Gasteiger partial charge in [0, 0.05) is 3.57 Å². The van der Waals surface area contributed by atoms with Gasteiger partial charge in [-0.05, 0) is 54.5 Å². The van der Waals surface area contributed by atoms with E-state index in [1.165, 1.54) is 0 Å². The third-order valence-corrected chi connectivity index (χ3v) is 5.43. The van der Waals surface area contributed by atoms with E-state index >= 15 is 0 Å². The van der Waals surface area contributed by atoms with Gasteiger partial charge < -0.3 is 24.1 Å². The predicted molar refractivity (Wildman–Crippen MR) is 97.3 cm³/mol. The summed E-state index contributed by atoms with van der Waals surface area (Å²) < 4.78 is 25.0. The SMILES string of the molecule is CCC[C@@H](O)[C@H]1O[C@@H]2OC(C)(C)O[C@@H]2[C@H]1OCc1ccccc1I. The van der Waals surface area contributed by atoms with Crippen LogP contribution in [0.4, 0.5) is 0 Å². The second-order valence-electron chi connectivity index (χ2n) is 6.79. The molecular weight excluding hydrogens is 423 g/mol. The Bertz CT molecular complexity index is 564. The van der Waals surface area contributed by atoms with Crippen LogP contribution in [0.15, 0.2) is 24.3 Å². The lowest BCUT2D eigenvalue weighted by Gasteiger charge is -2.28. The monoisotopic (exact) mass is 448 g/mol. The molecule has 1 aromatic carbocycles. The van der Waals surface area contributed by atoms with Gasteiger partial charge in [-0.3, -0.25) is 0 Å². The summed E-state index contributed by atoms with van der Waals surface area (Å²) in [4.78, 5) is 0. The molecule has 0 radical (unpaired) electrons. The molecule has 0 spiro atoms. The van der Waals surface area contributed by atoms with Crippen molar-refractivity contribution in [2.45, 2.75) is 76.7 Å². The molecule has 0 aliphatic carbocycles. The van der Waals surface area contributed by atoms with Gasteiger partial charge in [0.25, 0.3) is 0 Å². The Morgan fingerprint density at radius 1 is 1.29 bits per heavy atom. The first-order valence-corrected chi connectivity index (χ1v) is 9.53. The van der Waals surface area contributed by atoms with E-state index in [4.69, 9.17) is 18.9 Å². The molecule has 2 aliphatic rings. The van der Waals surface area contributed by atoms with Crippen LogP contribution in [-0.2, 0) is 25.6 Å². The van der Waals surface area contributed by atoms with E-state index in [1.807, 2.05) is 39.0 Å². The van der Waals surface area contributed by atoms with Crippen molar-refractivity contribution >= 4 is 22.6 Å². The van der Waals surface area contributed by atoms with Crippen LogP contribution in [0.1, 0.15) is 39.2 Å². The fourth-order valence-electron chi connectivity index (χ4n) is 3.27. The molecule has 0 amide bonds. The molecule has 2 saturated heterocycles. The zero-order valence-corrected chi connectivity index (χ0v) is 16.4. The van der Waals surface area contributed by atoms with E-state index in [-0.39, 0.29) is 12.2 Å². The number of ether oxygens (including phenoxy) is 4. The zero-order valence-electron chi connectivity index (χ0n) is 14.3. The van der Waals surface area contributed by atoms with E-state index in [1.54, 1.807) is 0 Å². The first kappa shape index (κ1) is 18.5. The Balaban J connectivity index is 1.73. The molecule has 0 aromatic heterocycles. The number of aliphatic hydroxyl groups excluding tert-OH is 1. The summed E-state index contributed by atoms with van der Waals surface area (Å²) in [6.45, 7) is 6.22. The number of benzene rings is 1. The molecule has 5 nitrogen and oxygen atoms in total. The third kappa shape index (κ3) is 3.94. The second-order valence-corrected chi connectivity index (χ2v) is 7.95. The fourth-order valence-corrected chi connectivity index (χ4v) is 3.81. The van der Waals surface area contributed by atoms with Gasteiger partial charge in [0.2, 0.25) is 0 Å². The van der Waals surface area contributed by atoms with Crippen molar-refractivity contribution in [1.82, 2.24) is 0 Å². The second kappa shape index (κ2) is 7.55. The number of aliphatic hydroxyl groups is 1. The first-order valence-electron chi connectivity index (χ1n) is 8.45. The Labute approximate surface area is 156 Å². The van der Waals surface area contributed by atoms with E-state index in [9.17, 15) is 5.11 Å². The molecule has 0 bridgehead atoms. The minimum Gasteiger partial charge on any atom is -0.390 e. The molecule has 0 saturated carbocycles. The topological polar surface area (TPSA) is 57.2 Å². The molecule has 24 heavy (non-hydrogen) atoms. The number of hydrogen-bond acceptors (Lipinski definition) is 5. The molecule has 0 unspecified atom stereocenters. The molecule has 3 rings (SSSR count). The maximum absolute atomic E-state index is 10.4. The van der Waals surface area contributed by atoms with Crippen LogP contribution in [-0.4, -0.2) is 41.6 Å². The standard InChI is InChI=1S/C18H25IO5/c1-4-7-13(20)14-15(16-17(22-14)24-18(2,3)23-16)21-10-11-8-5-6-9-12(11)19/h5-6,8-9,13-17,20H,4,7,10H2,1-3H3/t13-,14-,15+,16-,17-/m1/s1. The lowest BCUT2D eigenvalue weighted by atomic mass is 10.0. The van der Waals surface area contributed by atoms with Crippen LogP contribution in [0.3, 0.4) is 0 Å². The minimum absolute atomic E-state index is 0.321. The van der Waals surface area contributed by atoms with Crippen molar-refractivity contribution in [3.63, 3.8) is 0 Å². The fraction of sp³-hybridized carbons (Fsp3) is 0.667. The van der Waals surface area contributed by atoms with E-state index in [2.05, 4.69) is 28.7 Å². The van der Waals surface area contributed by atoms with Crippen molar-refractivity contribution in [2.24, 2.45) is 0 Å². The van der Waals surface area contributed by atoms with Crippen LogP contribution >= 0.6 is 22.6 Å². The van der Waals surface area contributed by atoms with Crippen LogP contribution < -0.4 is 0 Å². The smallest absolute Gasteiger partial charge is 0.190 e. The zero-order chi connectivity index (χ0) is 17.3. The molecule has 2 aliphatic heterocycles.